The second-order valence-electron chi connectivity index (χ2n) is 6.15. The lowest BCUT2D eigenvalue weighted by atomic mass is 9.80. The number of aliphatic carboxylic acids is 1. The Morgan fingerprint density at radius 3 is 2.64 bits per heavy atom. The summed E-state index contributed by atoms with van der Waals surface area (Å²) in [6.45, 7) is 0.504. The molecular formula is C17H21NO4. The number of carbonyl (C=O) groups is 2. The summed E-state index contributed by atoms with van der Waals surface area (Å²) >= 11 is 0. The van der Waals surface area contributed by atoms with Gasteiger partial charge in [-0.1, -0.05) is 43.2 Å². The van der Waals surface area contributed by atoms with E-state index < -0.39 is 11.9 Å². The Balaban J connectivity index is 1.65. The fourth-order valence-electron chi connectivity index (χ4n) is 3.75. The molecular weight excluding hydrogens is 282 g/mol. The van der Waals surface area contributed by atoms with Gasteiger partial charge in [0.25, 0.3) is 0 Å². The van der Waals surface area contributed by atoms with Crippen molar-refractivity contribution in [3.63, 3.8) is 0 Å². The highest BCUT2D eigenvalue weighted by atomic mass is 16.6. The Hall–Kier alpha value is -2.04. The highest BCUT2D eigenvalue weighted by Gasteiger charge is 2.48. The average molecular weight is 303 g/mol. The quantitative estimate of drug-likeness (QED) is 0.932. The van der Waals surface area contributed by atoms with Crippen molar-refractivity contribution in [2.75, 3.05) is 6.54 Å². The zero-order valence-electron chi connectivity index (χ0n) is 12.5. The van der Waals surface area contributed by atoms with Crippen LogP contribution in [0.2, 0.25) is 0 Å². The van der Waals surface area contributed by atoms with Gasteiger partial charge in [0, 0.05) is 12.6 Å². The molecule has 1 heterocycles. The Morgan fingerprint density at radius 2 is 1.91 bits per heavy atom. The van der Waals surface area contributed by atoms with E-state index in [1.807, 2.05) is 30.3 Å². The minimum absolute atomic E-state index is 0.0260. The third kappa shape index (κ3) is 2.93. The molecule has 0 spiro atoms. The van der Waals surface area contributed by atoms with Crippen LogP contribution < -0.4 is 0 Å². The molecule has 1 N–H and O–H groups in total. The van der Waals surface area contributed by atoms with Gasteiger partial charge in [-0.2, -0.15) is 0 Å². The molecule has 3 atom stereocenters. The van der Waals surface area contributed by atoms with E-state index in [9.17, 15) is 14.7 Å². The number of likely N-dealkylation sites (tertiary alicyclic amines) is 1. The van der Waals surface area contributed by atoms with Gasteiger partial charge in [-0.25, -0.2) is 4.79 Å². The van der Waals surface area contributed by atoms with E-state index in [-0.39, 0.29) is 31.2 Å². The smallest absolute Gasteiger partial charge is 0.410 e. The van der Waals surface area contributed by atoms with Crippen LogP contribution in [0.15, 0.2) is 30.3 Å². The van der Waals surface area contributed by atoms with Crippen LogP contribution in [0.1, 0.15) is 31.2 Å². The summed E-state index contributed by atoms with van der Waals surface area (Å²) in [5, 5.41) is 9.38. The molecule has 0 radical (unpaired) electrons. The summed E-state index contributed by atoms with van der Waals surface area (Å²) in [6.07, 6.45) is 3.50. The van der Waals surface area contributed by atoms with E-state index in [4.69, 9.17) is 4.74 Å². The second-order valence-corrected chi connectivity index (χ2v) is 6.15. The van der Waals surface area contributed by atoms with Gasteiger partial charge in [0.15, 0.2) is 0 Å². The molecule has 22 heavy (non-hydrogen) atoms. The van der Waals surface area contributed by atoms with Crippen LogP contribution >= 0.6 is 0 Å². The molecule has 1 aromatic carbocycles. The van der Waals surface area contributed by atoms with Crippen molar-refractivity contribution in [3.8, 4) is 0 Å². The van der Waals surface area contributed by atoms with Gasteiger partial charge in [-0.05, 0) is 24.3 Å². The van der Waals surface area contributed by atoms with Gasteiger partial charge in [-0.3, -0.25) is 4.79 Å². The highest BCUT2D eigenvalue weighted by Crippen LogP contribution is 2.40. The first-order chi connectivity index (χ1) is 10.7. The number of carboxylic acid groups (broad SMARTS) is 1. The molecule has 2 fully saturated rings. The van der Waals surface area contributed by atoms with Gasteiger partial charge in [0.2, 0.25) is 0 Å². The van der Waals surface area contributed by atoms with Crippen LogP contribution in [0.25, 0.3) is 0 Å². The molecule has 3 unspecified atom stereocenters. The first-order valence-electron chi connectivity index (χ1n) is 7.87. The molecule has 118 valence electrons. The highest BCUT2D eigenvalue weighted by molar-refractivity contribution is 5.75. The molecule has 2 aliphatic rings. The van der Waals surface area contributed by atoms with Gasteiger partial charge < -0.3 is 14.7 Å². The molecule has 5 heteroatoms. The zero-order chi connectivity index (χ0) is 15.5. The lowest BCUT2D eigenvalue weighted by Crippen LogP contribution is -2.39. The summed E-state index contributed by atoms with van der Waals surface area (Å²) < 4.78 is 5.38. The van der Waals surface area contributed by atoms with E-state index in [0.29, 0.717) is 0 Å². The summed E-state index contributed by atoms with van der Waals surface area (Å²) in [6, 6.07) is 9.54. The number of fused-ring (bicyclic) bond motifs is 1. The zero-order valence-corrected chi connectivity index (χ0v) is 12.5. The number of rotatable bonds is 3. The van der Waals surface area contributed by atoms with Crippen LogP contribution in [-0.2, 0) is 16.1 Å². The van der Waals surface area contributed by atoms with Crippen molar-refractivity contribution in [2.24, 2.45) is 11.8 Å². The van der Waals surface area contributed by atoms with Gasteiger partial charge in [0.05, 0.1) is 5.92 Å². The predicted molar refractivity (Wildman–Crippen MR) is 80.2 cm³/mol. The molecule has 1 aliphatic carbocycles. The van der Waals surface area contributed by atoms with Crippen molar-refractivity contribution < 1.29 is 19.4 Å². The van der Waals surface area contributed by atoms with Crippen molar-refractivity contribution in [1.82, 2.24) is 4.90 Å². The van der Waals surface area contributed by atoms with Gasteiger partial charge >= 0.3 is 12.1 Å². The summed E-state index contributed by atoms with van der Waals surface area (Å²) in [5.74, 6) is -1.17. The molecule has 3 rings (SSSR count). The maximum atomic E-state index is 12.4. The van der Waals surface area contributed by atoms with Gasteiger partial charge in [-0.15, -0.1) is 0 Å². The maximum absolute atomic E-state index is 12.4. The van der Waals surface area contributed by atoms with Crippen LogP contribution in [-0.4, -0.2) is 34.7 Å². The molecule has 0 aromatic heterocycles. The standard InChI is InChI=1S/C17H21NO4/c19-16(20)14-10-18(15-9-5-4-8-13(14)15)17(21)22-11-12-6-2-1-3-7-12/h1-3,6-7,13-15H,4-5,8-11H2,(H,19,20). The predicted octanol–water partition coefficient (Wildman–Crippen LogP) is 2.90. The Labute approximate surface area is 129 Å². The molecule has 1 saturated heterocycles. The van der Waals surface area contributed by atoms with E-state index >= 15 is 0 Å². The third-order valence-electron chi connectivity index (χ3n) is 4.85. The van der Waals surface area contributed by atoms with E-state index in [0.717, 1.165) is 31.2 Å². The van der Waals surface area contributed by atoms with Crippen molar-refractivity contribution in [3.05, 3.63) is 35.9 Å². The Bertz CT molecular complexity index is 545. The van der Waals surface area contributed by atoms with Crippen LogP contribution in [0.5, 0.6) is 0 Å². The number of hydrogen-bond donors (Lipinski definition) is 1. The number of benzene rings is 1. The van der Waals surface area contributed by atoms with Gasteiger partial charge in [0.1, 0.15) is 6.61 Å². The summed E-state index contributed by atoms with van der Waals surface area (Å²) in [4.78, 5) is 25.4. The Morgan fingerprint density at radius 1 is 1.18 bits per heavy atom. The van der Waals surface area contributed by atoms with E-state index in [1.165, 1.54) is 0 Å². The average Bonchev–Trinajstić information content (AvgIpc) is 2.93. The molecule has 1 saturated carbocycles. The van der Waals surface area contributed by atoms with Crippen LogP contribution in [0, 0.1) is 11.8 Å². The normalized spacial score (nSPS) is 27.3. The molecule has 1 aliphatic heterocycles. The fraction of sp³-hybridized carbons (Fsp3) is 0.529. The van der Waals surface area contributed by atoms with Crippen LogP contribution in [0.3, 0.4) is 0 Å². The fourth-order valence-corrected chi connectivity index (χ4v) is 3.75. The SMILES string of the molecule is O=C(O)C1CN(C(=O)OCc2ccccc2)C2CCCCC12. The van der Waals surface area contributed by atoms with E-state index in [1.54, 1.807) is 4.90 Å². The van der Waals surface area contributed by atoms with Crippen molar-refractivity contribution in [2.45, 2.75) is 38.3 Å². The van der Waals surface area contributed by atoms with Crippen LogP contribution in [0.4, 0.5) is 4.79 Å². The maximum Gasteiger partial charge on any atom is 0.410 e. The van der Waals surface area contributed by atoms with Crippen molar-refractivity contribution in [1.29, 1.82) is 0 Å². The lowest BCUT2D eigenvalue weighted by Gasteiger charge is -2.31. The van der Waals surface area contributed by atoms with Crippen molar-refractivity contribution >= 4 is 12.1 Å². The third-order valence-corrected chi connectivity index (χ3v) is 4.85. The monoisotopic (exact) mass is 303 g/mol. The second kappa shape index (κ2) is 6.38. The molecule has 1 aromatic rings. The number of hydrogen-bond acceptors (Lipinski definition) is 3. The Kier molecular flexibility index (Phi) is 4.32. The molecule has 1 amide bonds. The number of carboxylic acids is 1. The molecule has 0 bridgehead atoms. The van der Waals surface area contributed by atoms with E-state index in [2.05, 4.69) is 0 Å². The number of carbonyl (C=O) groups excluding carboxylic acids is 1. The summed E-state index contributed by atoms with van der Waals surface area (Å²) in [5.41, 5.74) is 0.935. The lowest BCUT2D eigenvalue weighted by molar-refractivity contribution is -0.142. The topological polar surface area (TPSA) is 66.8 Å². The minimum atomic E-state index is -0.796. The first-order valence-corrected chi connectivity index (χ1v) is 7.87. The number of amides is 1. The molecule has 5 nitrogen and oxygen atoms in total. The number of ether oxygens (including phenoxy) is 1. The minimum Gasteiger partial charge on any atom is -0.481 e. The number of nitrogens with zero attached hydrogens (tertiary/aromatic N) is 1. The summed E-state index contributed by atoms with van der Waals surface area (Å²) in [7, 11) is 0. The largest absolute Gasteiger partial charge is 0.481 e. The first kappa shape index (κ1) is 14.9.